The van der Waals surface area contributed by atoms with Crippen LogP contribution in [0, 0.1) is 0 Å². The first-order valence-electron chi connectivity index (χ1n) is 14.8. The zero-order valence-corrected chi connectivity index (χ0v) is 25.4. The summed E-state index contributed by atoms with van der Waals surface area (Å²) < 4.78 is 50.3. The summed E-state index contributed by atoms with van der Waals surface area (Å²) in [6, 6.07) is 38.3. The molecule has 45 heavy (non-hydrogen) atoms. The topological polar surface area (TPSA) is 110 Å². The zero-order chi connectivity index (χ0) is 31.1. The Bertz CT molecular complexity index is 1560. The summed E-state index contributed by atoms with van der Waals surface area (Å²) in [5, 5.41) is 0. The zero-order valence-electron chi connectivity index (χ0n) is 24.5. The number of carbonyl (C=O) groups is 1. The maximum absolute atomic E-state index is 12.9. The van der Waals surface area contributed by atoms with Gasteiger partial charge in [0.2, 0.25) is 0 Å². The van der Waals surface area contributed by atoms with Crippen LogP contribution in [-0.2, 0) is 59.2 Å². The lowest BCUT2D eigenvalue weighted by atomic mass is 9.83. The maximum Gasteiger partial charge on any atom is 0.436 e. The molecular weight excluding hydrogens is 595 g/mol. The van der Waals surface area contributed by atoms with Crippen molar-refractivity contribution in [1.29, 1.82) is 0 Å². The molecule has 0 amide bonds. The number of fused-ring (bicyclic) bond motifs is 1. The molecule has 9 nitrogen and oxygen atoms in total. The van der Waals surface area contributed by atoms with E-state index >= 15 is 0 Å². The molecule has 1 saturated heterocycles. The first-order valence-corrected chi connectivity index (χ1v) is 16.4. The Morgan fingerprint density at radius 3 is 1.18 bits per heavy atom. The number of carbonyl (C=O) groups excluding carboxylic acids is 1. The van der Waals surface area contributed by atoms with E-state index in [-0.39, 0.29) is 26.4 Å². The van der Waals surface area contributed by atoms with Crippen molar-refractivity contribution in [2.75, 3.05) is 0 Å². The van der Waals surface area contributed by atoms with Crippen molar-refractivity contribution in [2.45, 2.75) is 63.1 Å². The van der Waals surface area contributed by atoms with Crippen LogP contribution in [0.4, 0.5) is 4.79 Å². The summed E-state index contributed by atoms with van der Waals surface area (Å²) in [5.74, 6) is 0. The predicted octanol–water partition coefficient (Wildman–Crippen LogP) is 6.43. The first-order chi connectivity index (χ1) is 22.0. The first kappa shape index (κ1) is 31.3. The van der Waals surface area contributed by atoms with E-state index < -0.39 is 49.9 Å². The van der Waals surface area contributed by atoms with Crippen LogP contribution in [0.3, 0.4) is 0 Å². The molecule has 6 rings (SSSR count). The summed E-state index contributed by atoms with van der Waals surface area (Å²) in [4.78, 5) is 23.2. The highest BCUT2D eigenvalue weighted by Crippen LogP contribution is 2.53. The molecule has 10 heteroatoms. The monoisotopic (exact) mass is 630 g/mol. The maximum atomic E-state index is 12.9. The Hall–Kier alpha value is -3.66. The van der Waals surface area contributed by atoms with Gasteiger partial charge in [-0.05, 0) is 22.3 Å². The summed E-state index contributed by atoms with van der Waals surface area (Å²) in [6.45, 7) is 0.711. The number of rotatable bonds is 12. The minimum Gasteiger partial charge on any atom is -0.448 e. The Morgan fingerprint density at radius 2 is 0.822 bits per heavy atom. The molecule has 0 bridgehead atoms. The molecule has 0 spiro atoms. The molecule has 4 aromatic rings. The van der Waals surface area contributed by atoms with E-state index in [4.69, 9.17) is 28.2 Å². The van der Waals surface area contributed by atoms with Crippen LogP contribution in [0.1, 0.15) is 22.3 Å². The number of ether oxygens (including phenoxy) is 5. The highest BCUT2D eigenvalue weighted by atomic mass is 31.2. The van der Waals surface area contributed by atoms with Crippen LogP contribution >= 0.6 is 7.60 Å². The highest BCUT2D eigenvalue weighted by Gasteiger charge is 2.61. The summed E-state index contributed by atoms with van der Waals surface area (Å²) in [6.07, 6.45) is -5.87. The van der Waals surface area contributed by atoms with Gasteiger partial charge in [-0.15, -0.1) is 0 Å². The van der Waals surface area contributed by atoms with Gasteiger partial charge in [0.05, 0.1) is 26.4 Å². The predicted molar refractivity (Wildman–Crippen MR) is 165 cm³/mol. The molecule has 1 N–H and O–H groups in total. The number of hydrogen-bond donors (Lipinski definition) is 1. The van der Waals surface area contributed by atoms with E-state index in [1.807, 2.05) is 121 Å². The van der Waals surface area contributed by atoms with Gasteiger partial charge in [-0.25, -0.2) is 9.36 Å². The van der Waals surface area contributed by atoms with E-state index in [0.717, 1.165) is 22.3 Å². The Kier molecular flexibility index (Phi) is 10.2. The Balaban J connectivity index is 1.38. The molecule has 4 aromatic carbocycles. The van der Waals surface area contributed by atoms with Crippen molar-refractivity contribution >= 4 is 13.3 Å². The van der Waals surface area contributed by atoms with E-state index in [0.29, 0.717) is 0 Å². The molecule has 0 radical (unpaired) electrons. The van der Waals surface area contributed by atoms with Gasteiger partial charge in [0.1, 0.15) is 30.5 Å². The van der Waals surface area contributed by atoms with Crippen molar-refractivity contribution in [3.8, 4) is 0 Å². The molecule has 0 aromatic heterocycles. The van der Waals surface area contributed by atoms with Crippen molar-refractivity contribution in [2.24, 2.45) is 0 Å². The third-order valence-corrected chi connectivity index (χ3v) is 8.91. The molecule has 2 aliphatic rings. The quantitative estimate of drug-likeness (QED) is 0.177. The van der Waals surface area contributed by atoms with Crippen molar-refractivity contribution in [1.82, 2.24) is 0 Å². The van der Waals surface area contributed by atoms with Crippen molar-refractivity contribution in [3.05, 3.63) is 144 Å². The average molecular weight is 631 g/mol. The SMILES string of the molecule is O=C1O[C@@H]2[C@@H](OCc3ccccc3)[C@H](OCc3ccccc3)[C@@H](OCc3ccccc3)[C@H](OCc3ccccc3)[C@@H]2OP1(=O)O. The third-order valence-electron chi connectivity index (χ3n) is 7.82. The highest BCUT2D eigenvalue weighted by molar-refractivity contribution is 7.70. The molecule has 2 fully saturated rings. The van der Waals surface area contributed by atoms with E-state index in [9.17, 15) is 14.3 Å². The van der Waals surface area contributed by atoms with Gasteiger partial charge in [0.15, 0.2) is 6.10 Å². The second-order valence-corrected chi connectivity index (χ2v) is 12.6. The number of hydrogen-bond acceptors (Lipinski definition) is 8. The average Bonchev–Trinajstić information content (AvgIpc) is 3.07. The van der Waals surface area contributed by atoms with Crippen molar-refractivity contribution < 1.29 is 42.5 Å². The molecular formula is C35H35O9P. The van der Waals surface area contributed by atoms with Gasteiger partial charge in [-0.1, -0.05) is 121 Å². The van der Waals surface area contributed by atoms with Crippen LogP contribution in [0.25, 0.3) is 0 Å². The standard InChI is InChI=1S/C35H35O9P/c36-35-43-33-31(41-23-27-17-9-3-10-18-27)29(39-21-25-13-5-1-6-14-25)30(40-22-26-15-7-2-8-16-26)32(34(33)44-45(35,37)38)42-24-28-19-11-4-12-20-28/h1-20,29-34H,21-24H2,(H,37,38)/t29-,30-,31+,32+,33-,34+/m1/s1. The molecule has 234 valence electrons. The van der Waals surface area contributed by atoms with Crippen LogP contribution in [-0.4, -0.2) is 47.2 Å². The lowest BCUT2D eigenvalue weighted by Gasteiger charge is -2.50. The van der Waals surface area contributed by atoms with Gasteiger partial charge in [0.25, 0.3) is 0 Å². The lowest BCUT2D eigenvalue weighted by molar-refractivity contribution is -0.272. The molecule has 1 unspecified atom stereocenters. The van der Waals surface area contributed by atoms with Gasteiger partial charge in [0, 0.05) is 0 Å². The fraction of sp³-hybridized carbons (Fsp3) is 0.286. The molecule has 1 heterocycles. The van der Waals surface area contributed by atoms with Gasteiger partial charge < -0.3 is 28.6 Å². The summed E-state index contributed by atoms with van der Waals surface area (Å²) >= 11 is 0. The Morgan fingerprint density at radius 1 is 0.511 bits per heavy atom. The lowest BCUT2D eigenvalue weighted by Crippen LogP contribution is -2.68. The van der Waals surface area contributed by atoms with Gasteiger partial charge in [-0.2, -0.15) is 0 Å². The smallest absolute Gasteiger partial charge is 0.436 e. The summed E-state index contributed by atoms with van der Waals surface area (Å²) in [7, 11) is -4.78. The van der Waals surface area contributed by atoms with Crippen LogP contribution < -0.4 is 0 Å². The number of benzene rings is 4. The van der Waals surface area contributed by atoms with E-state index in [1.165, 1.54) is 0 Å². The van der Waals surface area contributed by atoms with Crippen LogP contribution in [0.5, 0.6) is 0 Å². The minimum absolute atomic E-state index is 0.147. The van der Waals surface area contributed by atoms with E-state index in [2.05, 4.69) is 0 Å². The second kappa shape index (κ2) is 14.6. The second-order valence-electron chi connectivity index (χ2n) is 11.0. The fourth-order valence-corrected chi connectivity index (χ4v) is 6.50. The molecule has 1 aliphatic heterocycles. The van der Waals surface area contributed by atoms with Crippen molar-refractivity contribution in [3.63, 3.8) is 0 Å². The fourth-order valence-electron chi connectivity index (χ4n) is 5.59. The van der Waals surface area contributed by atoms with Gasteiger partial charge in [-0.3, -0.25) is 4.52 Å². The third kappa shape index (κ3) is 7.77. The van der Waals surface area contributed by atoms with E-state index in [1.54, 1.807) is 0 Å². The minimum atomic E-state index is -4.78. The molecule has 7 atom stereocenters. The normalized spacial score (nSPS) is 27.8. The van der Waals surface area contributed by atoms with Gasteiger partial charge >= 0.3 is 13.3 Å². The molecule has 1 aliphatic carbocycles. The van der Waals surface area contributed by atoms with Crippen LogP contribution in [0.2, 0.25) is 0 Å². The molecule has 1 saturated carbocycles. The largest absolute Gasteiger partial charge is 0.448 e. The summed E-state index contributed by atoms with van der Waals surface area (Å²) in [5.41, 5.74) is 2.25. The Labute approximate surface area is 262 Å². The van der Waals surface area contributed by atoms with Crippen LogP contribution in [0.15, 0.2) is 121 Å².